The summed E-state index contributed by atoms with van der Waals surface area (Å²) < 4.78 is 9.46. The first-order valence-electron chi connectivity index (χ1n) is 16.4. The Morgan fingerprint density at radius 2 is 1.13 bits per heavy atom. The van der Waals surface area contributed by atoms with Crippen LogP contribution in [0.25, 0.3) is 43.2 Å². The van der Waals surface area contributed by atoms with E-state index in [2.05, 4.69) is 58.1 Å². The van der Waals surface area contributed by atoms with Crippen LogP contribution in [0.4, 0.5) is 5.82 Å². The number of carbonyl (C=O) groups is 2. The highest BCUT2D eigenvalue weighted by Gasteiger charge is 2.17. The van der Waals surface area contributed by atoms with E-state index in [4.69, 9.17) is 26.3 Å². The largest absolute Gasteiger partial charge is 0.465 e. The van der Waals surface area contributed by atoms with Crippen LogP contribution in [-0.4, -0.2) is 52.6 Å². The van der Waals surface area contributed by atoms with Crippen molar-refractivity contribution in [2.75, 3.05) is 26.1 Å². The fourth-order valence-corrected chi connectivity index (χ4v) is 7.98. The van der Waals surface area contributed by atoms with E-state index in [1.54, 1.807) is 59.1 Å². The number of nitrogens with one attached hydrogen (secondary N) is 1. The molecule has 4 heterocycles. The van der Waals surface area contributed by atoms with E-state index in [1.807, 2.05) is 32.0 Å². The van der Waals surface area contributed by atoms with Gasteiger partial charge in [0.25, 0.3) is 0 Å². The van der Waals surface area contributed by atoms with Crippen molar-refractivity contribution < 1.29 is 19.1 Å². The van der Waals surface area contributed by atoms with E-state index in [-0.39, 0.29) is 11.9 Å². The minimum absolute atomic E-state index is 0.356. The average Bonchev–Trinajstić information content (AvgIpc) is 3.63. The Labute approximate surface area is 314 Å². The first kappa shape index (κ1) is 36.6. The number of esters is 2. The summed E-state index contributed by atoms with van der Waals surface area (Å²) in [6.45, 7) is 9.08. The fourth-order valence-electron chi connectivity index (χ4n) is 5.55. The van der Waals surface area contributed by atoms with Crippen LogP contribution in [0.2, 0.25) is 5.15 Å². The minimum Gasteiger partial charge on any atom is -0.465 e. The summed E-state index contributed by atoms with van der Waals surface area (Å²) in [6.07, 6.45) is 0.914. The number of hydrogen-bond donors (Lipinski definition) is 1. The Balaban J connectivity index is 0.000000187. The quantitative estimate of drug-likeness (QED) is 0.120. The molecule has 0 atom stereocenters. The second kappa shape index (κ2) is 16.0. The molecule has 0 aliphatic heterocycles. The Bertz CT molecular complexity index is 2390. The molecule has 0 aliphatic carbocycles. The normalized spacial score (nSPS) is 10.9. The Morgan fingerprint density at radius 1 is 0.654 bits per heavy atom. The Morgan fingerprint density at radius 3 is 1.65 bits per heavy atom. The van der Waals surface area contributed by atoms with Crippen LogP contribution in [0, 0.1) is 27.7 Å². The van der Waals surface area contributed by atoms with E-state index in [1.165, 1.54) is 35.1 Å². The van der Waals surface area contributed by atoms with Crippen LogP contribution >= 0.6 is 34.3 Å². The summed E-state index contributed by atoms with van der Waals surface area (Å²) in [7, 11) is 2.73. The van der Waals surface area contributed by atoms with E-state index < -0.39 is 0 Å². The number of methoxy groups -OCH3 is 2. The number of aryl methyl sites for hydroxylation is 4. The molecule has 4 aromatic heterocycles. The molecule has 3 aromatic carbocycles. The first-order valence-corrected chi connectivity index (χ1v) is 18.4. The lowest BCUT2D eigenvalue weighted by Crippen LogP contribution is -2.08. The van der Waals surface area contributed by atoms with Crippen LogP contribution in [0.15, 0.2) is 78.9 Å². The number of fused-ring (bicyclic) bond motifs is 2. The number of thiophene rings is 2. The SMILES string of the molecule is COC(=O)c1ccc(-c2nc(Cl)c3c(C)c(C)sc3n2)cc1.COC(=O)c1ccc(-c2nc(NCCc3ccccc3)c3c(C)c(C)sc3n2)cc1. The number of benzene rings is 3. The van der Waals surface area contributed by atoms with Crippen molar-refractivity contribution in [3.63, 3.8) is 0 Å². The van der Waals surface area contributed by atoms with Gasteiger partial charge in [0.15, 0.2) is 11.6 Å². The topological polar surface area (TPSA) is 116 Å². The van der Waals surface area contributed by atoms with Crippen LogP contribution in [0.3, 0.4) is 0 Å². The summed E-state index contributed by atoms with van der Waals surface area (Å²) in [5.41, 5.74) is 6.28. The van der Waals surface area contributed by atoms with Gasteiger partial charge in [0.05, 0.1) is 36.1 Å². The molecule has 0 aliphatic rings. The van der Waals surface area contributed by atoms with Crippen molar-refractivity contribution in [2.24, 2.45) is 0 Å². The molecule has 0 saturated carbocycles. The Hall–Kier alpha value is -5.23. The molecule has 12 heteroatoms. The fraction of sp³-hybridized carbons (Fsp3) is 0.200. The minimum atomic E-state index is -0.370. The lowest BCUT2D eigenvalue weighted by molar-refractivity contribution is 0.0592. The molecule has 0 spiro atoms. The zero-order valence-corrected chi connectivity index (χ0v) is 31.9. The smallest absolute Gasteiger partial charge is 0.337 e. The van der Waals surface area contributed by atoms with Gasteiger partial charge in [-0.25, -0.2) is 29.5 Å². The van der Waals surface area contributed by atoms with E-state index in [0.717, 1.165) is 55.9 Å². The van der Waals surface area contributed by atoms with Gasteiger partial charge in [-0.3, -0.25) is 0 Å². The number of hydrogen-bond acceptors (Lipinski definition) is 11. The summed E-state index contributed by atoms with van der Waals surface area (Å²) >= 11 is 9.60. The molecule has 0 fully saturated rings. The molecule has 0 bridgehead atoms. The third-order valence-electron chi connectivity index (χ3n) is 8.69. The summed E-state index contributed by atoms with van der Waals surface area (Å²) in [6, 6.07) is 24.5. The van der Waals surface area contributed by atoms with Gasteiger partial charge in [-0.1, -0.05) is 66.2 Å². The molecule has 0 saturated heterocycles. The van der Waals surface area contributed by atoms with Crippen molar-refractivity contribution >= 4 is 72.5 Å². The summed E-state index contributed by atoms with van der Waals surface area (Å²) in [5, 5.41) is 5.98. The number of nitrogens with zero attached hydrogens (tertiary/aromatic N) is 4. The van der Waals surface area contributed by atoms with Gasteiger partial charge >= 0.3 is 11.9 Å². The van der Waals surface area contributed by atoms with Gasteiger partial charge in [-0.2, -0.15) is 0 Å². The lowest BCUT2D eigenvalue weighted by Gasteiger charge is -2.10. The van der Waals surface area contributed by atoms with Gasteiger partial charge in [-0.05, 0) is 75.1 Å². The van der Waals surface area contributed by atoms with Crippen LogP contribution in [-0.2, 0) is 15.9 Å². The highest BCUT2D eigenvalue weighted by Crippen LogP contribution is 2.36. The molecule has 0 unspecified atom stereocenters. The number of aromatic nitrogens is 4. The molecule has 0 radical (unpaired) electrons. The predicted octanol–water partition coefficient (Wildman–Crippen LogP) is 9.83. The Kier molecular flexibility index (Phi) is 11.2. The molecule has 7 rings (SSSR count). The molecule has 52 heavy (non-hydrogen) atoms. The van der Waals surface area contributed by atoms with E-state index in [9.17, 15) is 9.59 Å². The number of halogens is 1. The van der Waals surface area contributed by atoms with E-state index in [0.29, 0.717) is 27.9 Å². The number of anilines is 1. The molecule has 7 aromatic rings. The second-order valence-electron chi connectivity index (χ2n) is 12.0. The standard InChI is InChI=1S/C24H23N3O2S.C16H13ClN2O2S/c1-15-16(2)30-23-20(15)22(25-14-13-17-7-5-4-6-8-17)26-21(27-23)18-9-11-19(12-10-18)24(28)29-3;1-8-9(2)22-15-12(8)13(17)18-14(19-15)10-4-6-11(7-5-10)16(20)21-3/h4-12H,13-14H2,1-3H3,(H,25,26,27);4-7H,1-3H3. The third kappa shape index (κ3) is 7.81. The molecule has 9 nitrogen and oxygen atoms in total. The van der Waals surface area contributed by atoms with Crippen molar-refractivity contribution in [3.05, 3.63) is 122 Å². The van der Waals surface area contributed by atoms with Gasteiger partial charge in [0.1, 0.15) is 20.6 Å². The van der Waals surface area contributed by atoms with Crippen LogP contribution < -0.4 is 5.32 Å². The highest BCUT2D eigenvalue weighted by atomic mass is 35.5. The maximum atomic E-state index is 11.7. The highest BCUT2D eigenvalue weighted by molar-refractivity contribution is 7.19. The second-order valence-corrected chi connectivity index (χ2v) is 14.7. The zero-order valence-electron chi connectivity index (χ0n) is 29.5. The van der Waals surface area contributed by atoms with Crippen molar-refractivity contribution in [1.29, 1.82) is 0 Å². The number of rotatable bonds is 8. The number of ether oxygens (including phenoxy) is 2. The molecule has 264 valence electrons. The molecule has 0 amide bonds. The van der Waals surface area contributed by atoms with Gasteiger partial charge in [-0.15, -0.1) is 22.7 Å². The van der Waals surface area contributed by atoms with Gasteiger partial charge in [0, 0.05) is 27.4 Å². The lowest BCUT2D eigenvalue weighted by atomic mass is 10.1. The molecular weight excluding hydrogens is 714 g/mol. The maximum absolute atomic E-state index is 11.7. The van der Waals surface area contributed by atoms with Crippen molar-refractivity contribution in [3.8, 4) is 22.8 Å². The average molecular weight is 750 g/mol. The van der Waals surface area contributed by atoms with Crippen LogP contribution in [0.1, 0.15) is 47.2 Å². The van der Waals surface area contributed by atoms with E-state index >= 15 is 0 Å². The first-order chi connectivity index (χ1) is 25.1. The summed E-state index contributed by atoms with van der Waals surface area (Å²) in [4.78, 5) is 46.0. The third-order valence-corrected chi connectivity index (χ3v) is 11.2. The van der Waals surface area contributed by atoms with Gasteiger partial charge in [0.2, 0.25) is 0 Å². The van der Waals surface area contributed by atoms with Crippen LogP contribution in [0.5, 0.6) is 0 Å². The monoisotopic (exact) mass is 749 g/mol. The molecular formula is C40H36ClN5O4S2. The zero-order chi connectivity index (χ0) is 36.9. The molecule has 1 N–H and O–H groups in total. The van der Waals surface area contributed by atoms with Crippen molar-refractivity contribution in [1.82, 2.24) is 19.9 Å². The predicted molar refractivity (Wildman–Crippen MR) is 211 cm³/mol. The maximum Gasteiger partial charge on any atom is 0.337 e. The summed E-state index contributed by atoms with van der Waals surface area (Å²) in [5.74, 6) is 1.32. The van der Waals surface area contributed by atoms with Gasteiger partial charge < -0.3 is 14.8 Å². The number of carbonyl (C=O) groups excluding carboxylic acids is 2. The van der Waals surface area contributed by atoms with Crippen molar-refractivity contribution in [2.45, 2.75) is 34.1 Å².